The summed E-state index contributed by atoms with van der Waals surface area (Å²) in [7, 11) is 0. The van der Waals surface area contributed by atoms with Crippen LogP contribution in [0, 0.1) is 17.5 Å². The number of carbonyl (C=O) groups is 3. The summed E-state index contributed by atoms with van der Waals surface area (Å²) < 4.78 is 44.9. The number of hydrogen-bond acceptors (Lipinski definition) is 4. The third-order valence-electron chi connectivity index (χ3n) is 3.59. The van der Waals surface area contributed by atoms with Gasteiger partial charge in [-0.05, 0) is 30.7 Å². The summed E-state index contributed by atoms with van der Waals surface area (Å²) in [6, 6.07) is 10.0. The van der Waals surface area contributed by atoms with Crippen LogP contribution in [-0.4, -0.2) is 23.9 Å². The Balaban J connectivity index is 2.12. The van der Waals surface area contributed by atoms with Crippen molar-refractivity contribution >= 4 is 29.5 Å². The first-order valence-corrected chi connectivity index (χ1v) is 8.38. The average molecular weight is 406 g/mol. The average Bonchev–Trinajstić information content (AvgIpc) is 2.68. The maximum Gasteiger partial charge on any atom is 0.355 e. The summed E-state index contributed by atoms with van der Waals surface area (Å²) in [5, 5.41) is 4.32. The lowest BCUT2D eigenvalue weighted by Gasteiger charge is -2.15. The highest BCUT2D eigenvalue weighted by Gasteiger charge is 2.23. The first-order chi connectivity index (χ1) is 13.7. The molecular formula is C20H17F3N2O4. The highest BCUT2D eigenvalue weighted by atomic mass is 19.2. The van der Waals surface area contributed by atoms with Crippen molar-refractivity contribution in [1.29, 1.82) is 0 Å². The second-order valence-corrected chi connectivity index (χ2v) is 5.91. The highest BCUT2D eigenvalue weighted by Crippen LogP contribution is 2.20. The van der Waals surface area contributed by atoms with Crippen LogP contribution in [0.1, 0.15) is 19.4 Å². The van der Waals surface area contributed by atoms with Crippen molar-refractivity contribution in [2.24, 2.45) is 0 Å². The molecule has 0 saturated heterocycles. The Labute approximate surface area is 164 Å². The maximum atomic E-state index is 13.7. The van der Waals surface area contributed by atoms with E-state index in [9.17, 15) is 27.6 Å². The molecule has 2 aromatic carbocycles. The molecule has 0 heterocycles. The summed E-state index contributed by atoms with van der Waals surface area (Å²) in [6.07, 6.45) is -0.0773. The molecule has 1 unspecified atom stereocenters. The summed E-state index contributed by atoms with van der Waals surface area (Å²) in [5.74, 6) is -7.27. The van der Waals surface area contributed by atoms with Gasteiger partial charge in [-0.15, -0.1) is 0 Å². The zero-order valence-electron chi connectivity index (χ0n) is 15.5. The minimum Gasteiger partial charge on any atom is -0.448 e. The third-order valence-corrected chi connectivity index (χ3v) is 3.59. The van der Waals surface area contributed by atoms with Crippen molar-refractivity contribution in [3.05, 3.63) is 71.2 Å². The molecule has 0 aliphatic heterocycles. The lowest BCUT2D eigenvalue weighted by molar-refractivity contribution is -0.149. The van der Waals surface area contributed by atoms with E-state index < -0.39 is 47.0 Å². The normalized spacial score (nSPS) is 12.1. The van der Waals surface area contributed by atoms with E-state index >= 15 is 0 Å². The van der Waals surface area contributed by atoms with E-state index in [0.29, 0.717) is 11.6 Å². The third kappa shape index (κ3) is 5.93. The van der Waals surface area contributed by atoms with E-state index in [2.05, 4.69) is 5.32 Å². The molecule has 2 rings (SSSR count). The Kier molecular flexibility index (Phi) is 7.13. The highest BCUT2D eigenvalue weighted by molar-refractivity contribution is 6.00. The van der Waals surface area contributed by atoms with Gasteiger partial charge in [-0.1, -0.05) is 30.3 Å². The number of carbonyl (C=O) groups excluding carboxylic acids is 3. The van der Waals surface area contributed by atoms with Crippen molar-refractivity contribution in [3.63, 3.8) is 0 Å². The van der Waals surface area contributed by atoms with Crippen LogP contribution in [0.25, 0.3) is 6.08 Å². The number of esters is 1. The van der Waals surface area contributed by atoms with Crippen LogP contribution in [-0.2, 0) is 19.1 Å². The zero-order chi connectivity index (χ0) is 21.6. The van der Waals surface area contributed by atoms with Crippen molar-refractivity contribution < 1.29 is 32.3 Å². The van der Waals surface area contributed by atoms with E-state index in [4.69, 9.17) is 4.74 Å². The fourth-order valence-corrected chi connectivity index (χ4v) is 2.19. The van der Waals surface area contributed by atoms with Crippen LogP contribution in [0.15, 0.2) is 48.2 Å². The van der Waals surface area contributed by atoms with Gasteiger partial charge in [0.2, 0.25) is 5.91 Å². The molecule has 0 fully saturated rings. The second-order valence-electron chi connectivity index (χ2n) is 5.91. The molecule has 0 radical (unpaired) electrons. The van der Waals surface area contributed by atoms with Crippen LogP contribution in [0.4, 0.5) is 18.9 Å². The van der Waals surface area contributed by atoms with Gasteiger partial charge in [0.1, 0.15) is 5.70 Å². The molecule has 0 bridgehead atoms. The molecule has 0 saturated carbocycles. The molecule has 2 amide bonds. The maximum absolute atomic E-state index is 13.7. The van der Waals surface area contributed by atoms with Crippen molar-refractivity contribution in [1.82, 2.24) is 5.32 Å². The van der Waals surface area contributed by atoms with Gasteiger partial charge in [0, 0.05) is 6.92 Å². The molecule has 1 atom stereocenters. The molecule has 2 N–H and O–H groups in total. The summed E-state index contributed by atoms with van der Waals surface area (Å²) in [5.41, 5.74) is -0.241. The van der Waals surface area contributed by atoms with E-state index in [1.165, 1.54) is 19.9 Å². The monoisotopic (exact) mass is 406 g/mol. The van der Waals surface area contributed by atoms with Crippen LogP contribution in [0.2, 0.25) is 0 Å². The fourth-order valence-electron chi connectivity index (χ4n) is 2.19. The smallest absolute Gasteiger partial charge is 0.355 e. The molecule has 6 nitrogen and oxygen atoms in total. The van der Waals surface area contributed by atoms with Gasteiger partial charge in [0.15, 0.2) is 23.6 Å². The van der Waals surface area contributed by atoms with Crippen LogP contribution < -0.4 is 10.6 Å². The van der Waals surface area contributed by atoms with Gasteiger partial charge in [-0.2, -0.15) is 0 Å². The number of benzene rings is 2. The fraction of sp³-hybridized carbons (Fsp3) is 0.150. The van der Waals surface area contributed by atoms with Crippen molar-refractivity contribution in [3.8, 4) is 0 Å². The number of nitrogens with one attached hydrogen (secondary N) is 2. The van der Waals surface area contributed by atoms with Gasteiger partial charge >= 0.3 is 5.97 Å². The first-order valence-electron chi connectivity index (χ1n) is 8.38. The molecular weight excluding hydrogens is 389 g/mol. The van der Waals surface area contributed by atoms with Crippen LogP contribution >= 0.6 is 0 Å². The predicted molar refractivity (Wildman–Crippen MR) is 98.7 cm³/mol. The van der Waals surface area contributed by atoms with Gasteiger partial charge < -0.3 is 15.4 Å². The molecule has 0 aliphatic rings. The first kappa shape index (κ1) is 21.7. The number of ether oxygens (including phenoxy) is 1. The van der Waals surface area contributed by atoms with Gasteiger partial charge in [-0.3, -0.25) is 9.59 Å². The second kappa shape index (κ2) is 9.54. The molecule has 0 aliphatic carbocycles. The summed E-state index contributed by atoms with van der Waals surface area (Å²) >= 11 is 0. The number of amides is 2. The van der Waals surface area contributed by atoms with E-state index in [1.54, 1.807) is 30.3 Å². The SMILES string of the molecule is CC(=O)N/C(=C\c1ccccc1)C(=O)OC(C)C(=O)Nc1ccc(F)c(F)c1F. The standard InChI is InChI=1S/C20H17F3N2O4/c1-11(19(27)25-15-9-8-14(21)17(22)18(15)23)29-20(28)16(24-12(2)26)10-13-6-4-3-5-7-13/h3-11H,1-2H3,(H,24,26)(H,25,27)/b16-10-. The quantitative estimate of drug-likeness (QED) is 0.439. The number of rotatable bonds is 6. The Morgan fingerprint density at radius 3 is 2.28 bits per heavy atom. The van der Waals surface area contributed by atoms with Crippen molar-refractivity contribution in [2.75, 3.05) is 5.32 Å². The van der Waals surface area contributed by atoms with Gasteiger partial charge in [0.25, 0.3) is 5.91 Å². The predicted octanol–water partition coefficient (Wildman–Crippen LogP) is 3.15. The summed E-state index contributed by atoms with van der Waals surface area (Å²) in [4.78, 5) is 35.8. The minimum absolute atomic E-state index is 0.220. The zero-order valence-corrected chi connectivity index (χ0v) is 15.5. The Hall–Kier alpha value is -3.62. The van der Waals surface area contributed by atoms with Gasteiger partial charge in [0.05, 0.1) is 5.69 Å². The Bertz CT molecular complexity index is 962. The topological polar surface area (TPSA) is 84.5 Å². The molecule has 2 aromatic rings. The molecule has 0 spiro atoms. The Morgan fingerprint density at radius 1 is 1.00 bits per heavy atom. The number of halogens is 3. The van der Waals surface area contributed by atoms with Gasteiger partial charge in [-0.25, -0.2) is 18.0 Å². The molecule has 152 valence electrons. The number of anilines is 1. The Morgan fingerprint density at radius 2 is 1.66 bits per heavy atom. The molecule has 29 heavy (non-hydrogen) atoms. The van der Waals surface area contributed by atoms with E-state index in [-0.39, 0.29) is 5.70 Å². The lowest BCUT2D eigenvalue weighted by Crippen LogP contribution is -2.34. The van der Waals surface area contributed by atoms with E-state index in [1.807, 2.05) is 5.32 Å². The largest absolute Gasteiger partial charge is 0.448 e. The molecule has 9 heteroatoms. The summed E-state index contributed by atoms with van der Waals surface area (Å²) in [6.45, 7) is 2.38. The number of hydrogen-bond donors (Lipinski definition) is 2. The van der Waals surface area contributed by atoms with Crippen molar-refractivity contribution in [2.45, 2.75) is 20.0 Å². The van der Waals surface area contributed by atoms with Crippen LogP contribution in [0.3, 0.4) is 0 Å². The lowest BCUT2D eigenvalue weighted by atomic mass is 10.2. The van der Waals surface area contributed by atoms with E-state index in [0.717, 1.165) is 6.07 Å². The molecule has 0 aromatic heterocycles. The minimum atomic E-state index is -1.74. The van der Waals surface area contributed by atoms with Crippen LogP contribution in [0.5, 0.6) is 0 Å².